The Hall–Kier alpha value is -0.0800. The number of rotatable bonds is 6. The lowest BCUT2D eigenvalue weighted by atomic mass is 9.98. The lowest BCUT2D eigenvalue weighted by molar-refractivity contribution is 0.275. The number of hydrogen-bond donors (Lipinski definition) is 1. The number of hydrogen-bond acceptors (Lipinski definition) is 2. The van der Waals surface area contributed by atoms with Crippen molar-refractivity contribution in [3.8, 4) is 0 Å². The molecule has 94 valence electrons. The van der Waals surface area contributed by atoms with E-state index in [2.05, 4.69) is 17.1 Å². The molecule has 1 aliphatic heterocycles. The predicted molar refractivity (Wildman–Crippen MR) is 69.7 cm³/mol. The molecule has 0 bridgehead atoms. The fourth-order valence-corrected chi connectivity index (χ4v) is 2.75. The van der Waals surface area contributed by atoms with Crippen molar-refractivity contribution < 1.29 is 0 Å². The molecule has 1 atom stereocenters. The number of nitrogens with zero attached hydrogens (tertiary/aromatic N) is 1. The number of nitrogens with one attached hydrogen (secondary N) is 1. The third-order valence-corrected chi connectivity index (χ3v) is 4.18. The van der Waals surface area contributed by atoms with Crippen molar-refractivity contribution >= 4 is 0 Å². The van der Waals surface area contributed by atoms with Gasteiger partial charge in [-0.2, -0.15) is 0 Å². The minimum absolute atomic E-state index is 0.883. The van der Waals surface area contributed by atoms with E-state index in [1.165, 1.54) is 71.1 Å². The molecule has 1 N–H and O–H groups in total. The normalized spacial score (nSPS) is 27.9. The minimum Gasteiger partial charge on any atom is -0.314 e. The standard InChI is InChI=1S/C14H28N2/c1-2-13-5-3-10-16(12-8-13)11-4-9-15-14-6-7-14/h13-15H,2-12H2,1H3. The van der Waals surface area contributed by atoms with E-state index < -0.39 is 0 Å². The highest BCUT2D eigenvalue weighted by atomic mass is 15.1. The van der Waals surface area contributed by atoms with E-state index in [-0.39, 0.29) is 0 Å². The first-order valence-corrected chi connectivity index (χ1v) is 7.34. The molecule has 0 aromatic rings. The largest absolute Gasteiger partial charge is 0.314 e. The van der Waals surface area contributed by atoms with Crippen molar-refractivity contribution in [1.29, 1.82) is 0 Å². The second-order valence-corrected chi connectivity index (χ2v) is 5.63. The summed E-state index contributed by atoms with van der Waals surface area (Å²) >= 11 is 0. The highest BCUT2D eigenvalue weighted by molar-refractivity contribution is 4.80. The quantitative estimate of drug-likeness (QED) is 0.698. The molecule has 2 rings (SSSR count). The molecule has 0 aromatic heterocycles. The fourth-order valence-electron chi connectivity index (χ4n) is 2.75. The van der Waals surface area contributed by atoms with Crippen molar-refractivity contribution in [2.24, 2.45) is 5.92 Å². The van der Waals surface area contributed by atoms with E-state index in [0.717, 1.165) is 12.0 Å². The molecule has 0 amide bonds. The second-order valence-electron chi connectivity index (χ2n) is 5.63. The van der Waals surface area contributed by atoms with Gasteiger partial charge in [-0.05, 0) is 70.6 Å². The van der Waals surface area contributed by atoms with E-state index in [1.807, 2.05) is 0 Å². The van der Waals surface area contributed by atoms with Crippen LogP contribution in [0.4, 0.5) is 0 Å². The minimum atomic E-state index is 0.883. The van der Waals surface area contributed by atoms with Gasteiger partial charge in [0, 0.05) is 6.04 Å². The van der Waals surface area contributed by atoms with Gasteiger partial charge in [-0.3, -0.25) is 0 Å². The van der Waals surface area contributed by atoms with E-state index in [1.54, 1.807) is 0 Å². The molecule has 2 fully saturated rings. The molecule has 1 saturated carbocycles. The molecule has 1 heterocycles. The van der Waals surface area contributed by atoms with Crippen LogP contribution in [0.2, 0.25) is 0 Å². The van der Waals surface area contributed by atoms with Crippen LogP contribution in [0.3, 0.4) is 0 Å². The molecule has 0 aromatic carbocycles. The van der Waals surface area contributed by atoms with Crippen molar-refractivity contribution in [1.82, 2.24) is 10.2 Å². The summed E-state index contributed by atoms with van der Waals surface area (Å²) in [6.45, 7) is 7.59. The van der Waals surface area contributed by atoms with Crippen LogP contribution in [0.15, 0.2) is 0 Å². The van der Waals surface area contributed by atoms with Gasteiger partial charge >= 0.3 is 0 Å². The fraction of sp³-hybridized carbons (Fsp3) is 1.00. The Labute approximate surface area is 101 Å². The number of likely N-dealkylation sites (tertiary alicyclic amines) is 1. The molecule has 0 radical (unpaired) electrons. The molecular formula is C14H28N2. The Morgan fingerprint density at radius 2 is 2.00 bits per heavy atom. The van der Waals surface area contributed by atoms with Gasteiger partial charge in [0.15, 0.2) is 0 Å². The van der Waals surface area contributed by atoms with Gasteiger partial charge in [0.2, 0.25) is 0 Å². The maximum atomic E-state index is 3.61. The van der Waals surface area contributed by atoms with Gasteiger partial charge in [0.25, 0.3) is 0 Å². The molecule has 2 heteroatoms. The van der Waals surface area contributed by atoms with Crippen molar-refractivity contribution in [3.63, 3.8) is 0 Å². The van der Waals surface area contributed by atoms with Crippen LogP contribution in [-0.4, -0.2) is 37.1 Å². The van der Waals surface area contributed by atoms with Crippen molar-refractivity contribution in [2.45, 2.75) is 57.9 Å². The summed E-state index contributed by atoms with van der Waals surface area (Å²) in [5.74, 6) is 1.01. The maximum absolute atomic E-state index is 3.61. The smallest absolute Gasteiger partial charge is 0.00682 e. The summed E-state index contributed by atoms with van der Waals surface area (Å²) in [7, 11) is 0. The maximum Gasteiger partial charge on any atom is 0.00682 e. The van der Waals surface area contributed by atoms with Gasteiger partial charge in [0.05, 0.1) is 0 Å². The molecular weight excluding hydrogens is 196 g/mol. The average molecular weight is 224 g/mol. The Kier molecular flexibility index (Phi) is 5.11. The Morgan fingerprint density at radius 3 is 2.75 bits per heavy atom. The van der Waals surface area contributed by atoms with Crippen LogP contribution in [0.1, 0.15) is 51.9 Å². The van der Waals surface area contributed by atoms with E-state index >= 15 is 0 Å². The molecule has 1 aliphatic carbocycles. The molecule has 16 heavy (non-hydrogen) atoms. The first kappa shape index (κ1) is 12.4. The van der Waals surface area contributed by atoms with E-state index in [9.17, 15) is 0 Å². The average Bonchev–Trinajstić information content (AvgIpc) is 3.12. The molecule has 2 aliphatic rings. The first-order chi connectivity index (χ1) is 7.88. The van der Waals surface area contributed by atoms with Gasteiger partial charge in [-0.15, -0.1) is 0 Å². The summed E-state index contributed by atoms with van der Waals surface area (Å²) in [4.78, 5) is 2.68. The summed E-state index contributed by atoms with van der Waals surface area (Å²) < 4.78 is 0. The highest BCUT2D eigenvalue weighted by Crippen LogP contribution is 2.20. The summed E-state index contributed by atoms with van der Waals surface area (Å²) in [6.07, 6.45) is 9.89. The van der Waals surface area contributed by atoms with Crippen molar-refractivity contribution in [2.75, 3.05) is 26.2 Å². The first-order valence-electron chi connectivity index (χ1n) is 7.34. The lowest BCUT2D eigenvalue weighted by Crippen LogP contribution is -2.29. The van der Waals surface area contributed by atoms with Crippen LogP contribution < -0.4 is 5.32 Å². The Morgan fingerprint density at radius 1 is 1.12 bits per heavy atom. The molecule has 1 unspecified atom stereocenters. The predicted octanol–water partition coefficient (Wildman–Crippen LogP) is 2.64. The van der Waals surface area contributed by atoms with Crippen LogP contribution in [0.25, 0.3) is 0 Å². The molecule has 0 spiro atoms. The topological polar surface area (TPSA) is 15.3 Å². The van der Waals surface area contributed by atoms with Crippen LogP contribution in [0.5, 0.6) is 0 Å². The Bertz CT molecular complexity index is 189. The highest BCUT2D eigenvalue weighted by Gasteiger charge is 2.20. The second kappa shape index (κ2) is 6.61. The van der Waals surface area contributed by atoms with Crippen molar-refractivity contribution in [3.05, 3.63) is 0 Å². The lowest BCUT2D eigenvalue weighted by Gasteiger charge is -2.20. The van der Waals surface area contributed by atoms with Crippen LogP contribution in [0, 0.1) is 5.92 Å². The van der Waals surface area contributed by atoms with Gasteiger partial charge in [-0.1, -0.05) is 13.3 Å². The van der Waals surface area contributed by atoms with Crippen LogP contribution >= 0.6 is 0 Å². The van der Waals surface area contributed by atoms with Gasteiger partial charge in [-0.25, -0.2) is 0 Å². The van der Waals surface area contributed by atoms with E-state index in [4.69, 9.17) is 0 Å². The molecule has 2 nitrogen and oxygen atoms in total. The molecule has 1 saturated heterocycles. The third-order valence-electron chi connectivity index (χ3n) is 4.18. The monoisotopic (exact) mass is 224 g/mol. The summed E-state index contributed by atoms with van der Waals surface area (Å²) in [5.41, 5.74) is 0. The zero-order chi connectivity index (χ0) is 11.2. The zero-order valence-electron chi connectivity index (χ0n) is 10.9. The summed E-state index contributed by atoms with van der Waals surface area (Å²) in [6, 6.07) is 0.883. The third kappa shape index (κ3) is 4.42. The van der Waals surface area contributed by atoms with Crippen LogP contribution in [-0.2, 0) is 0 Å². The van der Waals surface area contributed by atoms with Gasteiger partial charge in [0.1, 0.15) is 0 Å². The van der Waals surface area contributed by atoms with Gasteiger partial charge < -0.3 is 10.2 Å². The van der Waals surface area contributed by atoms with E-state index in [0.29, 0.717) is 0 Å². The summed E-state index contributed by atoms with van der Waals surface area (Å²) in [5, 5.41) is 3.61. The SMILES string of the molecule is CCC1CCCN(CCCNC2CC2)CC1. The zero-order valence-corrected chi connectivity index (χ0v) is 10.9. The Balaban J connectivity index is 1.54.